The number of para-hydroxylation sites is 1. The fourth-order valence-electron chi connectivity index (χ4n) is 1.62. The van der Waals surface area contributed by atoms with Crippen LogP contribution in [0.1, 0.15) is 0 Å². The Labute approximate surface area is 85.7 Å². The second kappa shape index (κ2) is 2.88. The van der Waals surface area contributed by atoms with Crippen LogP contribution in [0.4, 0.5) is 5.82 Å². The maximum Gasteiger partial charge on any atom is 0.185 e. The van der Waals surface area contributed by atoms with Crippen LogP contribution in [0.15, 0.2) is 40.9 Å². The minimum Gasteiger partial charge on any atom is -0.381 e. The quantitative estimate of drug-likeness (QED) is 0.632. The molecule has 0 fully saturated rings. The first-order chi connectivity index (χ1) is 7.33. The second-order valence-corrected chi connectivity index (χ2v) is 3.39. The van der Waals surface area contributed by atoms with Crippen molar-refractivity contribution < 1.29 is 4.52 Å². The average Bonchev–Trinajstić information content (AvgIpc) is 2.82. The third-order valence-corrected chi connectivity index (χ3v) is 2.32. The van der Waals surface area contributed by atoms with Gasteiger partial charge in [-0.15, -0.1) is 0 Å². The number of aromatic nitrogens is 2. The molecule has 0 saturated heterocycles. The number of benzene rings is 1. The number of fused-ring (bicyclic) bond motifs is 1. The molecule has 3 aromatic rings. The van der Waals surface area contributed by atoms with Gasteiger partial charge < -0.3 is 15.2 Å². The zero-order chi connectivity index (χ0) is 10.3. The smallest absolute Gasteiger partial charge is 0.185 e. The van der Waals surface area contributed by atoms with Crippen molar-refractivity contribution in [3.05, 3.63) is 36.4 Å². The molecule has 0 aliphatic rings. The molecule has 0 aliphatic carbocycles. The molecule has 0 spiro atoms. The van der Waals surface area contributed by atoms with Crippen LogP contribution in [0.3, 0.4) is 0 Å². The van der Waals surface area contributed by atoms with Gasteiger partial charge in [0.1, 0.15) is 0 Å². The fraction of sp³-hybridized carbons (Fsp3) is 0. The van der Waals surface area contributed by atoms with Crippen LogP contribution in [-0.2, 0) is 0 Å². The van der Waals surface area contributed by atoms with E-state index in [-0.39, 0.29) is 0 Å². The van der Waals surface area contributed by atoms with Gasteiger partial charge in [-0.25, -0.2) is 0 Å². The van der Waals surface area contributed by atoms with Gasteiger partial charge in [0.05, 0.1) is 5.69 Å². The summed E-state index contributed by atoms with van der Waals surface area (Å²) in [5.41, 5.74) is 7.45. The molecular formula is C11H9N3O. The Morgan fingerprint density at radius 2 is 2.07 bits per heavy atom. The van der Waals surface area contributed by atoms with Gasteiger partial charge in [-0.05, 0) is 12.1 Å². The van der Waals surface area contributed by atoms with Crippen LogP contribution >= 0.6 is 0 Å². The van der Waals surface area contributed by atoms with Crippen molar-refractivity contribution >= 4 is 16.7 Å². The van der Waals surface area contributed by atoms with E-state index in [1.165, 1.54) is 0 Å². The van der Waals surface area contributed by atoms with Gasteiger partial charge in [-0.1, -0.05) is 23.4 Å². The number of nitrogens with zero attached hydrogens (tertiary/aromatic N) is 1. The maximum atomic E-state index is 5.49. The summed E-state index contributed by atoms with van der Waals surface area (Å²) in [6.07, 6.45) is 0. The normalized spacial score (nSPS) is 10.9. The number of anilines is 1. The Balaban J connectivity index is 2.19. The zero-order valence-electron chi connectivity index (χ0n) is 7.90. The van der Waals surface area contributed by atoms with Crippen molar-refractivity contribution in [1.29, 1.82) is 0 Å². The highest BCUT2D eigenvalue weighted by molar-refractivity contribution is 5.84. The molecule has 0 amide bonds. The highest BCUT2D eigenvalue weighted by Gasteiger charge is 2.07. The van der Waals surface area contributed by atoms with Crippen molar-refractivity contribution in [1.82, 2.24) is 10.1 Å². The van der Waals surface area contributed by atoms with Crippen LogP contribution in [0.5, 0.6) is 0 Å². The summed E-state index contributed by atoms with van der Waals surface area (Å²) < 4.78 is 5.07. The van der Waals surface area contributed by atoms with Crippen LogP contribution in [0.2, 0.25) is 0 Å². The van der Waals surface area contributed by atoms with Crippen molar-refractivity contribution in [3.8, 4) is 11.5 Å². The molecule has 0 saturated carbocycles. The number of nitrogen functional groups attached to an aromatic ring is 1. The molecule has 0 atom stereocenters. The monoisotopic (exact) mass is 199 g/mol. The highest BCUT2D eigenvalue weighted by atomic mass is 16.5. The number of aromatic amines is 1. The molecular weight excluding hydrogens is 190 g/mol. The Morgan fingerprint density at radius 3 is 2.80 bits per heavy atom. The van der Waals surface area contributed by atoms with E-state index in [0.29, 0.717) is 11.6 Å². The van der Waals surface area contributed by atoms with E-state index in [0.717, 1.165) is 16.6 Å². The topological polar surface area (TPSA) is 67.8 Å². The summed E-state index contributed by atoms with van der Waals surface area (Å²) in [5, 5.41) is 4.79. The van der Waals surface area contributed by atoms with Gasteiger partial charge in [0.2, 0.25) is 0 Å². The zero-order valence-corrected chi connectivity index (χ0v) is 7.90. The molecule has 3 N–H and O–H groups in total. The molecule has 1 aromatic carbocycles. The number of H-pyrrole nitrogens is 1. The SMILES string of the molecule is Nc1cc(-c2cc3ccccc3[nH]2)on1. The molecule has 3 rings (SSSR count). The van der Waals surface area contributed by atoms with Crippen molar-refractivity contribution in [3.63, 3.8) is 0 Å². The van der Waals surface area contributed by atoms with Crippen molar-refractivity contribution in [2.45, 2.75) is 0 Å². The molecule has 4 nitrogen and oxygen atoms in total. The third-order valence-electron chi connectivity index (χ3n) is 2.32. The number of rotatable bonds is 1. The van der Waals surface area contributed by atoms with Gasteiger partial charge in [0.25, 0.3) is 0 Å². The summed E-state index contributed by atoms with van der Waals surface area (Å²) in [6, 6.07) is 11.7. The predicted octanol–water partition coefficient (Wildman–Crippen LogP) is 2.41. The molecule has 2 heterocycles. The first-order valence-electron chi connectivity index (χ1n) is 4.63. The van der Waals surface area contributed by atoms with Crippen molar-refractivity contribution in [2.24, 2.45) is 0 Å². The lowest BCUT2D eigenvalue weighted by atomic mass is 10.2. The maximum absolute atomic E-state index is 5.49. The first-order valence-corrected chi connectivity index (χ1v) is 4.63. The Bertz CT molecular complexity index is 576. The van der Waals surface area contributed by atoms with Crippen LogP contribution in [-0.4, -0.2) is 10.1 Å². The Hall–Kier alpha value is -2.23. The Kier molecular flexibility index (Phi) is 1.56. The lowest BCUT2D eigenvalue weighted by Crippen LogP contribution is -1.79. The van der Waals surface area contributed by atoms with Gasteiger partial charge in [0.15, 0.2) is 11.6 Å². The van der Waals surface area contributed by atoms with Gasteiger partial charge >= 0.3 is 0 Å². The lowest BCUT2D eigenvalue weighted by molar-refractivity contribution is 0.435. The van der Waals surface area contributed by atoms with Crippen LogP contribution < -0.4 is 5.73 Å². The van der Waals surface area contributed by atoms with E-state index in [1.54, 1.807) is 6.07 Å². The second-order valence-electron chi connectivity index (χ2n) is 3.39. The van der Waals surface area contributed by atoms with Crippen molar-refractivity contribution in [2.75, 3.05) is 5.73 Å². The summed E-state index contributed by atoms with van der Waals surface area (Å²) in [4.78, 5) is 3.24. The average molecular weight is 199 g/mol. The fourth-order valence-corrected chi connectivity index (χ4v) is 1.62. The molecule has 4 heteroatoms. The predicted molar refractivity (Wildman–Crippen MR) is 58.2 cm³/mol. The number of nitrogens with two attached hydrogens (primary N) is 1. The van der Waals surface area contributed by atoms with E-state index in [1.807, 2.05) is 30.3 Å². The highest BCUT2D eigenvalue weighted by Crippen LogP contribution is 2.24. The molecule has 0 radical (unpaired) electrons. The third kappa shape index (κ3) is 1.27. The van der Waals surface area contributed by atoms with Crippen LogP contribution in [0.25, 0.3) is 22.4 Å². The number of hydrogen-bond donors (Lipinski definition) is 2. The number of hydrogen-bond acceptors (Lipinski definition) is 3. The molecule has 74 valence electrons. The first kappa shape index (κ1) is 8.11. The minimum atomic E-state index is 0.392. The summed E-state index contributed by atoms with van der Waals surface area (Å²) in [7, 11) is 0. The molecule has 0 bridgehead atoms. The van der Waals surface area contributed by atoms with E-state index < -0.39 is 0 Å². The number of nitrogens with one attached hydrogen (secondary N) is 1. The lowest BCUT2D eigenvalue weighted by Gasteiger charge is -1.86. The molecule has 2 aromatic heterocycles. The minimum absolute atomic E-state index is 0.392. The van der Waals surface area contributed by atoms with E-state index in [4.69, 9.17) is 10.3 Å². The molecule has 15 heavy (non-hydrogen) atoms. The van der Waals surface area contributed by atoms with Gasteiger partial charge in [-0.3, -0.25) is 0 Å². The summed E-state index contributed by atoms with van der Waals surface area (Å²) >= 11 is 0. The standard InChI is InChI=1S/C11H9N3O/c12-11-6-10(15-14-11)9-5-7-3-1-2-4-8(7)13-9/h1-6,13H,(H2,12,14). The van der Waals surface area contributed by atoms with Gasteiger partial charge in [0, 0.05) is 17.0 Å². The van der Waals surface area contributed by atoms with E-state index in [2.05, 4.69) is 10.1 Å². The summed E-state index contributed by atoms with van der Waals surface area (Å²) in [5.74, 6) is 1.05. The van der Waals surface area contributed by atoms with Gasteiger partial charge in [-0.2, -0.15) is 0 Å². The largest absolute Gasteiger partial charge is 0.381 e. The van der Waals surface area contributed by atoms with E-state index in [9.17, 15) is 0 Å². The summed E-state index contributed by atoms with van der Waals surface area (Å²) in [6.45, 7) is 0. The molecule has 0 aliphatic heterocycles. The van der Waals surface area contributed by atoms with Crippen LogP contribution in [0, 0.1) is 0 Å². The molecule has 0 unspecified atom stereocenters. The Morgan fingerprint density at radius 1 is 1.20 bits per heavy atom. The van der Waals surface area contributed by atoms with E-state index >= 15 is 0 Å².